The highest BCUT2D eigenvalue weighted by atomic mass is 32.2. The predicted molar refractivity (Wildman–Crippen MR) is 153 cm³/mol. The van der Waals surface area contributed by atoms with Crippen molar-refractivity contribution in [1.29, 1.82) is 0 Å². The van der Waals surface area contributed by atoms with Crippen LogP contribution in [-0.4, -0.2) is 50.9 Å². The molecule has 0 heterocycles. The van der Waals surface area contributed by atoms with Gasteiger partial charge < -0.3 is 15.0 Å². The van der Waals surface area contributed by atoms with Gasteiger partial charge >= 0.3 is 0 Å². The van der Waals surface area contributed by atoms with E-state index in [1.807, 2.05) is 26.8 Å². The molecule has 0 unspecified atom stereocenters. The maximum absolute atomic E-state index is 13.9. The minimum atomic E-state index is -4.08. The summed E-state index contributed by atoms with van der Waals surface area (Å²) in [6.07, 6.45) is 0.735. The standard InChI is InChI=1S/C30H37N3O5S/c1-6-23(3)31-30(35)24(4)32(20-25-11-10-12-27(19-25)38-5)29(34)21-33(26-17-15-22(2)16-18-26)39(36,37)28-13-8-7-9-14-28/h7-19,23-24H,6,20-21H2,1-5H3,(H,31,35)/t23-,24-/m0/s1. The third-order valence-electron chi connectivity index (χ3n) is 6.59. The van der Waals surface area contributed by atoms with Gasteiger partial charge in [-0.25, -0.2) is 8.42 Å². The van der Waals surface area contributed by atoms with Gasteiger partial charge in [-0.3, -0.25) is 13.9 Å². The first-order valence-electron chi connectivity index (χ1n) is 12.9. The van der Waals surface area contributed by atoms with Crippen LogP contribution in [0.4, 0.5) is 5.69 Å². The molecule has 1 N–H and O–H groups in total. The molecule has 2 amide bonds. The number of anilines is 1. The molecular weight excluding hydrogens is 514 g/mol. The van der Waals surface area contributed by atoms with E-state index in [-0.39, 0.29) is 23.4 Å². The lowest BCUT2D eigenvalue weighted by Crippen LogP contribution is -2.52. The molecule has 9 heteroatoms. The van der Waals surface area contributed by atoms with Crippen LogP contribution in [0.5, 0.6) is 5.75 Å². The average Bonchev–Trinajstić information content (AvgIpc) is 2.95. The minimum absolute atomic E-state index is 0.0697. The van der Waals surface area contributed by atoms with E-state index < -0.39 is 28.5 Å². The van der Waals surface area contributed by atoms with Gasteiger partial charge in [0.2, 0.25) is 11.8 Å². The second-order valence-corrected chi connectivity index (χ2v) is 11.4. The quantitative estimate of drug-likeness (QED) is 0.357. The Balaban J connectivity index is 2.01. The number of hydrogen-bond acceptors (Lipinski definition) is 5. The third kappa shape index (κ3) is 7.60. The first-order chi connectivity index (χ1) is 18.6. The molecule has 8 nitrogen and oxygen atoms in total. The van der Waals surface area contributed by atoms with Gasteiger partial charge in [-0.2, -0.15) is 0 Å². The summed E-state index contributed by atoms with van der Waals surface area (Å²) in [5.74, 6) is -0.206. The molecule has 0 radical (unpaired) electrons. The lowest BCUT2D eigenvalue weighted by molar-refractivity contribution is -0.139. The van der Waals surface area contributed by atoms with Gasteiger partial charge in [0.05, 0.1) is 17.7 Å². The van der Waals surface area contributed by atoms with Gasteiger partial charge in [0, 0.05) is 12.6 Å². The summed E-state index contributed by atoms with van der Waals surface area (Å²) in [5, 5.41) is 2.93. The largest absolute Gasteiger partial charge is 0.497 e. The molecule has 0 aromatic heterocycles. The summed E-state index contributed by atoms with van der Waals surface area (Å²) in [7, 11) is -2.53. The lowest BCUT2D eigenvalue weighted by atomic mass is 10.1. The van der Waals surface area contributed by atoms with E-state index in [1.54, 1.807) is 74.7 Å². The molecule has 0 aliphatic rings. The van der Waals surface area contributed by atoms with Gasteiger partial charge in [-0.1, -0.05) is 55.0 Å². The summed E-state index contributed by atoms with van der Waals surface area (Å²) in [5.41, 5.74) is 2.06. The van der Waals surface area contributed by atoms with E-state index >= 15 is 0 Å². The number of nitrogens with zero attached hydrogens (tertiary/aromatic N) is 2. The van der Waals surface area contributed by atoms with Crippen molar-refractivity contribution in [2.24, 2.45) is 0 Å². The second kappa shape index (κ2) is 13.3. The van der Waals surface area contributed by atoms with E-state index in [0.29, 0.717) is 11.4 Å². The van der Waals surface area contributed by atoms with Crippen molar-refractivity contribution in [3.05, 3.63) is 90.0 Å². The monoisotopic (exact) mass is 551 g/mol. The van der Waals surface area contributed by atoms with Crippen molar-refractivity contribution in [3.8, 4) is 5.75 Å². The molecule has 0 aliphatic carbocycles. The molecule has 208 valence electrons. The van der Waals surface area contributed by atoms with Gasteiger partial charge in [0.25, 0.3) is 10.0 Å². The molecule has 0 fully saturated rings. The molecule has 3 aromatic carbocycles. The average molecular weight is 552 g/mol. The van der Waals surface area contributed by atoms with Crippen LogP contribution in [0.15, 0.2) is 83.8 Å². The number of carbonyl (C=O) groups excluding carboxylic acids is 2. The van der Waals surface area contributed by atoms with E-state index in [4.69, 9.17) is 4.74 Å². The smallest absolute Gasteiger partial charge is 0.264 e. The number of benzene rings is 3. The highest BCUT2D eigenvalue weighted by Crippen LogP contribution is 2.25. The number of carbonyl (C=O) groups is 2. The Kier molecular flexibility index (Phi) is 10.1. The second-order valence-electron chi connectivity index (χ2n) is 9.53. The zero-order valence-electron chi connectivity index (χ0n) is 23.1. The van der Waals surface area contributed by atoms with Crippen molar-refractivity contribution in [2.45, 2.75) is 57.6 Å². The Morgan fingerprint density at radius 1 is 0.949 bits per heavy atom. The summed E-state index contributed by atoms with van der Waals surface area (Å²) in [6.45, 7) is 7.02. The van der Waals surface area contributed by atoms with Gasteiger partial charge in [0.15, 0.2) is 0 Å². The van der Waals surface area contributed by atoms with Crippen LogP contribution in [-0.2, 0) is 26.2 Å². The maximum atomic E-state index is 13.9. The molecule has 0 saturated heterocycles. The fraction of sp³-hybridized carbons (Fsp3) is 0.333. The van der Waals surface area contributed by atoms with Gasteiger partial charge in [-0.05, 0) is 69.2 Å². The van der Waals surface area contributed by atoms with Crippen molar-refractivity contribution in [3.63, 3.8) is 0 Å². The fourth-order valence-corrected chi connectivity index (χ4v) is 5.41. The fourth-order valence-electron chi connectivity index (χ4n) is 3.98. The first-order valence-corrected chi connectivity index (χ1v) is 14.4. The van der Waals surface area contributed by atoms with Crippen molar-refractivity contribution < 1.29 is 22.7 Å². The number of nitrogens with one attached hydrogen (secondary N) is 1. The highest BCUT2D eigenvalue weighted by molar-refractivity contribution is 7.92. The Morgan fingerprint density at radius 2 is 1.62 bits per heavy atom. The molecule has 3 rings (SSSR count). The number of sulfonamides is 1. The zero-order chi connectivity index (χ0) is 28.6. The van der Waals surface area contributed by atoms with Gasteiger partial charge in [-0.15, -0.1) is 0 Å². The number of ether oxygens (including phenoxy) is 1. The third-order valence-corrected chi connectivity index (χ3v) is 8.38. The molecule has 0 aliphatic heterocycles. The number of amides is 2. The van der Waals surface area contributed by atoms with E-state index in [9.17, 15) is 18.0 Å². The summed E-state index contributed by atoms with van der Waals surface area (Å²) in [6, 6.07) is 21.2. The van der Waals surface area contributed by atoms with E-state index in [0.717, 1.165) is 21.9 Å². The van der Waals surface area contributed by atoms with E-state index in [1.165, 1.54) is 17.0 Å². The van der Waals surface area contributed by atoms with Crippen LogP contribution in [0.1, 0.15) is 38.3 Å². The normalized spacial score (nSPS) is 12.7. The zero-order valence-corrected chi connectivity index (χ0v) is 23.9. The molecule has 2 atom stereocenters. The molecule has 39 heavy (non-hydrogen) atoms. The predicted octanol–water partition coefficient (Wildman–Crippen LogP) is 4.53. The van der Waals surface area contributed by atoms with Crippen LogP contribution in [0.3, 0.4) is 0 Å². The Morgan fingerprint density at radius 3 is 2.23 bits per heavy atom. The van der Waals surface area contributed by atoms with Crippen LogP contribution >= 0.6 is 0 Å². The van der Waals surface area contributed by atoms with Gasteiger partial charge in [0.1, 0.15) is 18.3 Å². The Hall–Kier alpha value is -3.85. The highest BCUT2D eigenvalue weighted by Gasteiger charge is 2.32. The number of methoxy groups -OCH3 is 1. The summed E-state index contributed by atoms with van der Waals surface area (Å²) < 4.78 is 34.0. The minimum Gasteiger partial charge on any atom is -0.497 e. The number of aryl methyl sites for hydroxylation is 1. The lowest BCUT2D eigenvalue weighted by Gasteiger charge is -2.32. The van der Waals surface area contributed by atoms with E-state index in [2.05, 4.69) is 5.32 Å². The molecule has 3 aromatic rings. The maximum Gasteiger partial charge on any atom is 0.264 e. The molecule has 0 spiro atoms. The topological polar surface area (TPSA) is 96.0 Å². The van der Waals surface area contributed by atoms with Crippen molar-refractivity contribution in [1.82, 2.24) is 10.2 Å². The van der Waals surface area contributed by atoms with Crippen molar-refractivity contribution in [2.75, 3.05) is 18.0 Å². The summed E-state index contributed by atoms with van der Waals surface area (Å²) >= 11 is 0. The number of rotatable bonds is 12. The van der Waals surface area contributed by atoms with Crippen LogP contribution in [0.25, 0.3) is 0 Å². The Bertz CT molecular complexity index is 1360. The number of hydrogen-bond donors (Lipinski definition) is 1. The molecule has 0 saturated carbocycles. The first kappa shape index (κ1) is 29.7. The Labute approximate surface area is 231 Å². The SMILES string of the molecule is CC[C@H](C)NC(=O)[C@H](C)N(Cc1cccc(OC)c1)C(=O)CN(c1ccc(C)cc1)S(=O)(=O)c1ccccc1. The van der Waals surface area contributed by atoms with Crippen LogP contribution in [0, 0.1) is 6.92 Å². The molecular formula is C30H37N3O5S. The summed E-state index contributed by atoms with van der Waals surface area (Å²) in [4.78, 5) is 28.5. The molecule has 0 bridgehead atoms. The van der Waals surface area contributed by atoms with Crippen LogP contribution in [0.2, 0.25) is 0 Å². The van der Waals surface area contributed by atoms with Crippen LogP contribution < -0.4 is 14.4 Å². The van der Waals surface area contributed by atoms with Crippen molar-refractivity contribution >= 4 is 27.5 Å².